The predicted molar refractivity (Wildman–Crippen MR) is 131 cm³/mol. The van der Waals surface area contributed by atoms with E-state index in [2.05, 4.69) is 57.0 Å². The van der Waals surface area contributed by atoms with E-state index in [-0.39, 0.29) is 23.5 Å². The number of amides is 1. The second-order valence-electron chi connectivity index (χ2n) is 9.17. The first kappa shape index (κ1) is 21.6. The third-order valence-corrected chi connectivity index (χ3v) is 6.86. The monoisotopic (exact) mass is 441 g/mol. The predicted octanol–water partition coefficient (Wildman–Crippen LogP) is 4.57. The molecule has 1 unspecified atom stereocenters. The van der Waals surface area contributed by atoms with Crippen molar-refractivity contribution in [3.63, 3.8) is 0 Å². The maximum absolute atomic E-state index is 12.8. The molecule has 1 aromatic heterocycles. The molecule has 0 radical (unpaired) electrons. The Kier molecular flexibility index (Phi) is 6.35. The van der Waals surface area contributed by atoms with Gasteiger partial charge in [0.25, 0.3) is 5.91 Å². The van der Waals surface area contributed by atoms with E-state index in [9.17, 15) is 4.79 Å². The SMILES string of the molecule is Nc1ncc(-c2cccc(CNC3CCc4ccccc43)c2)nc1C(=O)NC1CCCCC1. The molecule has 0 bridgehead atoms. The molecule has 2 aliphatic carbocycles. The second kappa shape index (κ2) is 9.71. The average molecular weight is 442 g/mol. The molecule has 1 atom stereocenters. The van der Waals surface area contributed by atoms with Crippen LogP contribution in [0.3, 0.4) is 0 Å². The number of anilines is 1. The van der Waals surface area contributed by atoms with Crippen molar-refractivity contribution in [2.24, 2.45) is 0 Å². The summed E-state index contributed by atoms with van der Waals surface area (Å²) in [6.45, 7) is 0.768. The lowest BCUT2D eigenvalue weighted by Crippen LogP contribution is -2.37. The molecule has 5 rings (SSSR count). The number of benzene rings is 2. The molecule has 0 saturated heterocycles. The highest BCUT2D eigenvalue weighted by molar-refractivity contribution is 5.97. The highest BCUT2D eigenvalue weighted by Crippen LogP contribution is 2.31. The van der Waals surface area contributed by atoms with Crippen LogP contribution in [0, 0.1) is 0 Å². The van der Waals surface area contributed by atoms with Crippen LogP contribution in [-0.2, 0) is 13.0 Å². The first-order chi connectivity index (χ1) is 16.2. The van der Waals surface area contributed by atoms with Gasteiger partial charge in [0.2, 0.25) is 0 Å². The summed E-state index contributed by atoms with van der Waals surface area (Å²) in [5, 5.41) is 6.79. The van der Waals surface area contributed by atoms with Crippen molar-refractivity contribution in [1.29, 1.82) is 0 Å². The fourth-order valence-electron chi connectivity index (χ4n) is 5.06. The lowest BCUT2D eigenvalue weighted by atomic mass is 9.95. The topological polar surface area (TPSA) is 92.9 Å². The maximum Gasteiger partial charge on any atom is 0.273 e. The Balaban J connectivity index is 1.29. The Morgan fingerprint density at radius 2 is 1.88 bits per heavy atom. The number of nitrogen functional groups attached to an aromatic ring is 1. The molecule has 2 aliphatic rings. The standard InChI is InChI=1S/C27H31N5O/c28-26-25(27(33)31-21-10-2-1-3-11-21)32-24(17-30-26)20-9-6-7-18(15-20)16-29-23-14-13-19-8-4-5-12-22(19)23/h4-9,12,15,17,21,23,29H,1-3,10-11,13-14,16H2,(H2,28,30)(H,31,33). The van der Waals surface area contributed by atoms with Crippen LogP contribution >= 0.6 is 0 Å². The summed E-state index contributed by atoms with van der Waals surface area (Å²) in [5.41, 5.74) is 11.8. The van der Waals surface area contributed by atoms with Gasteiger partial charge in [-0.15, -0.1) is 0 Å². The van der Waals surface area contributed by atoms with E-state index in [4.69, 9.17) is 5.73 Å². The van der Waals surface area contributed by atoms with Crippen molar-refractivity contribution >= 4 is 11.7 Å². The van der Waals surface area contributed by atoms with E-state index in [0.717, 1.165) is 50.6 Å². The van der Waals surface area contributed by atoms with Gasteiger partial charge < -0.3 is 16.4 Å². The third-order valence-electron chi connectivity index (χ3n) is 6.86. The van der Waals surface area contributed by atoms with E-state index in [1.165, 1.54) is 23.1 Å². The molecule has 1 amide bonds. The van der Waals surface area contributed by atoms with E-state index in [1.807, 2.05) is 12.1 Å². The number of rotatable bonds is 6. The fraction of sp³-hybridized carbons (Fsp3) is 0.370. The van der Waals surface area contributed by atoms with Crippen LogP contribution in [0.1, 0.15) is 71.7 Å². The van der Waals surface area contributed by atoms with Gasteiger partial charge >= 0.3 is 0 Å². The summed E-state index contributed by atoms with van der Waals surface area (Å²) >= 11 is 0. The first-order valence-electron chi connectivity index (χ1n) is 12.0. The molecule has 6 heteroatoms. The van der Waals surface area contributed by atoms with E-state index in [0.29, 0.717) is 11.7 Å². The van der Waals surface area contributed by atoms with E-state index >= 15 is 0 Å². The van der Waals surface area contributed by atoms with Gasteiger partial charge in [-0.05, 0) is 48.4 Å². The highest BCUT2D eigenvalue weighted by Gasteiger charge is 2.22. The first-order valence-corrected chi connectivity index (χ1v) is 12.0. The van der Waals surface area contributed by atoms with Gasteiger partial charge in [-0.25, -0.2) is 9.97 Å². The van der Waals surface area contributed by atoms with Crippen LogP contribution in [0.4, 0.5) is 5.82 Å². The molecular formula is C27H31N5O. The zero-order valence-electron chi connectivity index (χ0n) is 18.9. The number of carbonyl (C=O) groups excluding carboxylic acids is 1. The van der Waals surface area contributed by atoms with Gasteiger partial charge in [0, 0.05) is 24.2 Å². The van der Waals surface area contributed by atoms with Crippen molar-refractivity contribution in [2.45, 2.75) is 63.6 Å². The molecule has 33 heavy (non-hydrogen) atoms. The van der Waals surface area contributed by atoms with E-state index < -0.39 is 0 Å². The number of aryl methyl sites for hydroxylation is 1. The Morgan fingerprint density at radius 3 is 2.76 bits per heavy atom. The highest BCUT2D eigenvalue weighted by atomic mass is 16.2. The number of hydrogen-bond donors (Lipinski definition) is 3. The number of fused-ring (bicyclic) bond motifs is 1. The van der Waals surface area contributed by atoms with Crippen molar-refractivity contribution in [3.05, 3.63) is 77.1 Å². The van der Waals surface area contributed by atoms with Gasteiger partial charge in [0.1, 0.15) is 0 Å². The molecule has 1 saturated carbocycles. The Bertz CT molecular complexity index is 1140. The van der Waals surface area contributed by atoms with Gasteiger partial charge in [-0.2, -0.15) is 0 Å². The lowest BCUT2D eigenvalue weighted by Gasteiger charge is -2.22. The average Bonchev–Trinajstić information content (AvgIpc) is 3.27. The van der Waals surface area contributed by atoms with Crippen molar-refractivity contribution in [1.82, 2.24) is 20.6 Å². The Morgan fingerprint density at radius 1 is 1.03 bits per heavy atom. The maximum atomic E-state index is 12.8. The summed E-state index contributed by atoms with van der Waals surface area (Å²) in [6, 6.07) is 17.5. The van der Waals surface area contributed by atoms with Gasteiger partial charge in [0.15, 0.2) is 11.5 Å². The molecule has 0 spiro atoms. The third kappa shape index (κ3) is 4.91. The van der Waals surface area contributed by atoms with Crippen LogP contribution < -0.4 is 16.4 Å². The number of aromatic nitrogens is 2. The summed E-state index contributed by atoms with van der Waals surface area (Å²) < 4.78 is 0. The second-order valence-corrected chi connectivity index (χ2v) is 9.17. The summed E-state index contributed by atoms with van der Waals surface area (Å²) in [5.74, 6) is -0.0590. The largest absolute Gasteiger partial charge is 0.382 e. The minimum Gasteiger partial charge on any atom is -0.382 e. The number of nitrogens with zero attached hydrogens (tertiary/aromatic N) is 2. The zero-order valence-corrected chi connectivity index (χ0v) is 18.9. The van der Waals surface area contributed by atoms with Crippen molar-refractivity contribution in [3.8, 4) is 11.3 Å². The van der Waals surface area contributed by atoms with Crippen LogP contribution in [0.5, 0.6) is 0 Å². The molecule has 1 fully saturated rings. The minimum atomic E-state index is -0.230. The van der Waals surface area contributed by atoms with Crippen LogP contribution in [0.2, 0.25) is 0 Å². The summed E-state index contributed by atoms with van der Waals surface area (Å²) in [6.07, 6.45) is 9.47. The Labute approximate surface area is 195 Å². The number of nitrogens with one attached hydrogen (secondary N) is 2. The number of hydrogen-bond acceptors (Lipinski definition) is 5. The van der Waals surface area contributed by atoms with Crippen molar-refractivity contribution < 1.29 is 4.79 Å². The van der Waals surface area contributed by atoms with Crippen LogP contribution in [0.15, 0.2) is 54.7 Å². The molecule has 170 valence electrons. The molecule has 3 aromatic rings. The van der Waals surface area contributed by atoms with Gasteiger partial charge in [0.05, 0.1) is 11.9 Å². The quantitative estimate of drug-likeness (QED) is 0.521. The van der Waals surface area contributed by atoms with Gasteiger partial charge in [-0.1, -0.05) is 61.7 Å². The minimum absolute atomic E-state index is 0.171. The molecule has 0 aliphatic heterocycles. The summed E-state index contributed by atoms with van der Waals surface area (Å²) in [7, 11) is 0. The normalized spacial score (nSPS) is 18.1. The number of nitrogens with two attached hydrogens (primary N) is 1. The Hall–Kier alpha value is -3.25. The smallest absolute Gasteiger partial charge is 0.273 e. The fourth-order valence-corrected chi connectivity index (χ4v) is 5.06. The molecule has 1 heterocycles. The lowest BCUT2D eigenvalue weighted by molar-refractivity contribution is 0.0923. The zero-order chi connectivity index (χ0) is 22.6. The van der Waals surface area contributed by atoms with Crippen LogP contribution in [0.25, 0.3) is 11.3 Å². The molecule has 2 aromatic carbocycles. The number of carbonyl (C=O) groups is 1. The van der Waals surface area contributed by atoms with Crippen molar-refractivity contribution in [2.75, 3.05) is 5.73 Å². The summed E-state index contributed by atoms with van der Waals surface area (Å²) in [4.78, 5) is 21.7. The van der Waals surface area contributed by atoms with Crippen LogP contribution in [-0.4, -0.2) is 21.9 Å². The molecule has 4 N–H and O–H groups in total. The van der Waals surface area contributed by atoms with E-state index in [1.54, 1.807) is 6.20 Å². The molecular weight excluding hydrogens is 410 g/mol. The van der Waals surface area contributed by atoms with Gasteiger partial charge in [-0.3, -0.25) is 4.79 Å². The molecule has 6 nitrogen and oxygen atoms in total.